The van der Waals surface area contributed by atoms with Crippen LogP contribution in [0, 0.1) is 19.8 Å². The second kappa shape index (κ2) is 8.69. The molecule has 1 fully saturated rings. The second-order valence-electron chi connectivity index (χ2n) is 8.22. The molecule has 2 unspecified atom stereocenters. The first kappa shape index (κ1) is 21.3. The van der Waals surface area contributed by atoms with Gasteiger partial charge in [-0.15, -0.1) is 0 Å². The number of rotatable bonds is 6. The van der Waals surface area contributed by atoms with E-state index in [0.29, 0.717) is 28.6 Å². The van der Waals surface area contributed by atoms with E-state index in [4.69, 9.17) is 0 Å². The van der Waals surface area contributed by atoms with Gasteiger partial charge in [0.05, 0.1) is 23.4 Å². The minimum atomic E-state index is -1.16. The summed E-state index contributed by atoms with van der Waals surface area (Å²) in [5, 5.41) is 20.5. The smallest absolute Gasteiger partial charge is 0.336 e. The number of aliphatic carboxylic acids is 1. The molecule has 0 saturated heterocycles. The summed E-state index contributed by atoms with van der Waals surface area (Å²) in [6, 6.07) is 10.5. The van der Waals surface area contributed by atoms with E-state index in [1.807, 2.05) is 19.9 Å². The van der Waals surface area contributed by atoms with Crippen molar-refractivity contribution in [1.82, 2.24) is 8.75 Å². The number of aromatic nitrogens is 2. The van der Waals surface area contributed by atoms with E-state index in [-0.39, 0.29) is 29.3 Å². The molecule has 1 saturated carbocycles. The number of hydrogen-bond acceptors (Lipinski definition) is 6. The lowest BCUT2D eigenvalue weighted by Gasteiger charge is -2.19. The third-order valence-corrected chi connectivity index (χ3v) is 6.74. The minimum Gasteiger partial charge on any atom is -0.478 e. The first-order valence-corrected chi connectivity index (χ1v) is 11.1. The van der Waals surface area contributed by atoms with Crippen LogP contribution in [0.15, 0.2) is 42.0 Å². The van der Waals surface area contributed by atoms with Crippen molar-refractivity contribution in [2.75, 3.05) is 0 Å². The van der Waals surface area contributed by atoms with Crippen molar-refractivity contribution in [3.63, 3.8) is 0 Å². The molecule has 1 heterocycles. The molecule has 0 radical (unpaired) electrons. The van der Waals surface area contributed by atoms with Gasteiger partial charge in [0.25, 0.3) is 0 Å². The van der Waals surface area contributed by atoms with Crippen molar-refractivity contribution in [1.29, 1.82) is 0 Å². The quantitative estimate of drug-likeness (QED) is 0.433. The third-order valence-electron chi connectivity index (χ3n) is 6.19. The van der Waals surface area contributed by atoms with Gasteiger partial charge in [-0.3, -0.25) is 4.79 Å². The number of ketones is 1. The van der Waals surface area contributed by atoms with Crippen molar-refractivity contribution in [3.8, 4) is 0 Å². The number of carboxylic acid groups (broad SMARTS) is 1. The van der Waals surface area contributed by atoms with Crippen LogP contribution in [0.25, 0.3) is 16.6 Å². The van der Waals surface area contributed by atoms with E-state index in [1.54, 1.807) is 30.3 Å². The molecular weight excluding hydrogens is 412 g/mol. The molecule has 3 aromatic rings. The number of hydrogen-bond donors (Lipinski definition) is 2. The van der Waals surface area contributed by atoms with Crippen molar-refractivity contribution in [2.45, 2.75) is 45.6 Å². The molecule has 2 aromatic carbocycles. The monoisotopic (exact) mass is 436 g/mol. The highest BCUT2D eigenvalue weighted by atomic mass is 32.1. The van der Waals surface area contributed by atoms with Crippen LogP contribution in [0.3, 0.4) is 0 Å². The molecule has 0 amide bonds. The van der Waals surface area contributed by atoms with E-state index >= 15 is 0 Å². The summed E-state index contributed by atoms with van der Waals surface area (Å²) in [6.07, 6.45) is 2.02. The van der Waals surface area contributed by atoms with Crippen molar-refractivity contribution in [3.05, 3.63) is 64.2 Å². The maximum Gasteiger partial charge on any atom is 0.336 e. The Labute approximate surface area is 184 Å². The van der Waals surface area contributed by atoms with Crippen molar-refractivity contribution < 1.29 is 19.8 Å². The Morgan fingerprint density at radius 2 is 1.74 bits per heavy atom. The van der Waals surface area contributed by atoms with E-state index in [2.05, 4.69) is 8.75 Å². The van der Waals surface area contributed by atoms with Gasteiger partial charge in [0.1, 0.15) is 11.0 Å². The number of Topliss-reactive ketones (excluding diaryl/α,β-unsaturated/α-hetero) is 1. The Morgan fingerprint density at radius 1 is 1.00 bits per heavy atom. The average molecular weight is 437 g/mol. The highest BCUT2D eigenvalue weighted by molar-refractivity contribution is 7.00. The van der Waals surface area contributed by atoms with E-state index < -0.39 is 12.1 Å². The molecular formula is C24H24N2O4S. The Hall–Kier alpha value is -2.90. The van der Waals surface area contributed by atoms with Crippen molar-refractivity contribution in [2.24, 2.45) is 5.92 Å². The fourth-order valence-electron chi connectivity index (χ4n) is 4.25. The van der Waals surface area contributed by atoms with Gasteiger partial charge in [0, 0.05) is 11.1 Å². The molecule has 1 aromatic heterocycles. The highest BCUT2D eigenvalue weighted by Gasteiger charge is 2.31. The minimum absolute atomic E-state index is 0.0303. The Kier molecular flexibility index (Phi) is 5.98. The topological polar surface area (TPSA) is 100 Å². The van der Waals surface area contributed by atoms with E-state index in [1.165, 1.54) is 0 Å². The molecule has 2 N–H and O–H groups in total. The van der Waals surface area contributed by atoms with Crippen LogP contribution >= 0.6 is 11.7 Å². The maximum atomic E-state index is 13.6. The van der Waals surface area contributed by atoms with Crippen LogP contribution in [-0.4, -0.2) is 36.8 Å². The molecule has 0 aliphatic heterocycles. The molecule has 0 bridgehead atoms. The van der Waals surface area contributed by atoms with Crippen LogP contribution in [0.4, 0.5) is 0 Å². The predicted molar refractivity (Wildman–Crippen MR) is 120 cm³/mol. The van der Waals surface area contributed by atoms with Crippen molar-refractivity contribution >= 4 is 40.1 Å². The maximum absolute atomic E-state index is 13.6. The summed E-state index contributed by atoms with van der Waals surface area (Å²) in [5.74, 6) is -1.61. The summed E-state index contributed by atoms with van der Waals surface area (Å²) in [4.78, 5) is 26.0. The van der Waals surface area contributed by atoms with Gasteiger partial charge in [0.15, 0.2) is 5.78 Å². The van der Waals surface area contributed by atoms with Crippen LogP contribution < -0.4 is 0 Å². The standard InChI is InChI=1S/C24H24N2O4S/c1-13-6-7-17(10-14(13)2)23(28)18(11-15-4-3-5-21(15)27)22(24(29)30)16-8-9-19-20(12-16)26-31-25-19/h6-10,12,15,21,27H,3-5,11H2,1-2H3,(H,29,30). The van der Waals surface area contributed by atoms with Crippen LogP contribution in [0.2, 0.25) is 0 Å². The molecule has 1 aliphatic carbocycles. The SMILES string of the molecule is Cc1ccc(C(=O)C(CC2CCCC2O)=C(C(=O)O)c2ccc3nsnc3c2)cc1C. The molecule has 7 heteroatoms. The van der Waals surface area contributed by atoms with E-state index in [0.717, 1.165) is 35.7 Å². The molecule has 0 spiro atoms. The average Bonchev–Trinajstić information content (AvgIpc) is 3.37. The van der Waals surface area contributed by atoms with E-state index in [9.17, 15) is 19.8 Å². The number of nitrogens with zero attached hydrogens (tertiary/aromatic N) is 2. The lowest BCUT2D eigenvalue weighted by atomic mass is 9.85. The second-order valence-corrected chi connectivity index (χ2v) is 8.75. The normalized spacial score (nSPS) is 19.5. The number of aliphatic hydroxyl groups is 1. The van der Waals surface area contributed by atoms with Gasteiger partial charge in [-0.1, -0.05) is 24.6 Å². The summed E-state index contributed by atoms with van der Waals surface area (Å²) < 4.78 is 8.38. The number of fused-ring (bicyclic) bond motifs is 1. The van der Waals surface area contributed by atoms with Gasteiger partial charge >= 0.3 is 5.97 Å². The third kappa shape index (κ3) is 4.29. The Bertz CT molecular complexity index is 1200. The molecule has 31 heavy (non-hydrogen) atoms. The Morgan fingerprint density at radius 3 is 2.42 bits per heavy atom. The number of aryl methyl sites for hydroxylation is 2. The number of allylic oxidation sites excluding steroid dienone is 1. The molecule has 6 nitrogen and oxygen atoms in total. The van der Waals surface area contributed by atoms with Crippen LogP contribution in [0.1, 0.15) is 52.7 Å². The fraction of sp³-hybridized carbons (Fsp3) is 0.333. The zero-order chi connectivity index (χ0) is 22.1. The van der Waals surface area contributed by atoms with Gasteiger partial charge in [0.2, 0.25) is 0 Å². The van der Waals surface area contributed by atoms with Gasteiger partial charge < -0.3 is 10.2 Å². The largest absolute Gasteiger partial charge is 0.478 e. The zero-order valence-corrected chi connectivity index (χ0v) is 18.3. The highest BCUT2D eigenvalue weighted by Crippen LogP contribution is 2.35. The zero-order valence-electron chi connectivity index (χ0n) is 17.5. The number of carboxylic acids is 1. The molecule has 1 aliphatic rings. The number of carbonyl (C=O) groups is 2. The lowest BCUT2D eigenvalue weighted by Crippen LogP contribution is -2.19. The van der Waals surface area contributed by atoms with Gasteiger partial charge in [-0.2, -0.15) is 8.75 Å². The lowest BCUT2D eigenvalue weighted by molar-refractivity contribution is -0.130. The Balaban J connectivity index is 1.88. The molecule has 4 rings (SSSR count). The van der Waals surface area contributed by atoms with Crippen LogP contribution in [0.5, 0.6) is 0 Å². The molecule has 160 valence electrons. The van der Waals surface area contributed by atoms with Crippen LogP contribution in [-0.2, 0) is 4.79 Å². The first-order valence-electron chi connectivity index (χ1n) is 10.3. The number of aliphatic hydroxyl groups excluding tert-OH is 1. The summed E-state index contributed by atoms with van der Waals surface area (Å²) in [6.45, 7) is 3.90. The summed E-state index contributed by atoms with van der Waals surface area (Å²) in [5.41, 5.74) is 4.40. The summed E-state index contributed by atoms with van der Waals surface area (Å²) >= 11 is 1.06. The first-order chi connectivity index (χ1) is 14.8. The fourth-order valence-corrected chi connectivity index (χ4v) is 4.76. The predicted octanol–water partition coefficient (Wildman–Crippen LogP) is 4.58. The van der Waals surface area contributed by atoms with Gasteiger partial charge in [-0.05, 0) is 73.9 Å². The number of benzene rings is 2. The van der Waals surface area contributed by atoms with Gasteiger partial charge in [-0.25, -0.2) is 4.79 Å². The number of carbonyl (C=O) groups excluding carboxylic acids is 1. The summed E-state index contributed by atoms with van der Waals surface area (Å²) in [7, 11) is 0. The molecule has 2 atom stereocenters.